The van der Waals surface area contributed by atoms with Crippen molar-refractivity contribution in [2.75, 3.05) is 23.7 Å². The molecule has 0 spiro atoms. The fraction of sp³-hybridized carbons (Fsp3) is 0.538. The average molecular weight is 236 g/mol. The Morgan fingerprint density at radius 2 is 1.75 bits per heavy atom. The predicted octanol–water partition coefficient (Wildman–Crippen LogP) is 1.66. The van der Waals surface area contributed by atoms with Gasteiger partial charge in [0.2, 0.25) is 0 Å². The van der Waals surface area contributed by atoms with Gasteiger partial charge in [-0.1, -0.05) is 25.1 Å². The molecule has 1 aromatic carbocycles. The van der Waals surface area contributed by atoms with E-state index in [1.807, 2.05) is 0 Å². The van der Waals surface area contributed by atoms with Crippen LogP contribution in [0, 0.1) is 0 Å². The van der Waals surface area contributed by atoms with Crippen LogP contribution in [0.5, 0.6) is 0 Å². The highest BCUT2D eigenvalue weighted by molar-refractivity contribution is 6.34. The van der Waals surface area contributed by atoms with Gasteiger partial charge < -0.3 is 10.6 Å². The summed E-state index contributed by atoms with van der Waals surface area (Å²) in [6.45, 7) is 10.8. The Balaban J connectivity index is 3.25. The zero-order chi connectivity index (χ0) is 12.1. The van der Waals surface area contributed by atoms with Crippen LogP contribution < -0.4 is 15.8 Å². The van der Waals surface area contributed by atoms with E-state index in [4.69, 9.17) is 0 Å². The van der Waals surface area contributed by atoms with Gasteiger partial charge in [0.15, 0.2) is 0 Å². The minimum Gasteiger partial charge on any atom is -0.384 e. The molecule has 0 aliphatic heterocycles. The van der Waals surface area contributed by atoms with E-state index in [1.54, 1.807) is 0 Å². The Morgan fingerprint density at radius 1 is 1.12 bits per heavy atom. The molecule has 0 aliphatic rings. The summed E-state index contributed by atoms with van der Waals surface area (Å²) in [4.78, 5) is 0. The summed E-state index contributed by atoms with van der Waals surface area (Å²) >= 11 is 0. The second-order valence-electron chi connectivity index (χ2n) is 4.43. The number of nitrogens with one attached hydrogen (secondary N) is 2. The van der Waals surface area contributed by atoms with Crippen molar-refractivity contribution in [1.29, 1.82) is 0 Å². The van der Waals surface area contributed by atoms with E-state index < -0.39 is 0 Å². The minimum atomic E-state index is 0.583. The molecule has 0 unspecified atom stereocenters. The molecule has 2 nitrogen and oxygen atoms in total. The van der Waals surface area contributed by atoms with Gasteiger partial charge in [0.1, 0.15) is 0 Å². The fourth-order valence-corrected chi connectivity index (χ4v) is 3.17. The third-order valence-corrected chi connectivity index (χ3v) is 3.63. The first-order valence-corrected chi connectivity index (χ1v) is 7.23. The smallest absolute Gasteiger partial charge is 0.0609 e. The summed E-state index contributed by atoms with van der Waals surface area (Å²) in [6, 6.07) is 4.47. The highest BCUT2D eigenvalue weighted by Gasteiger charge is 2.12. The SMILES string of the molecule is CCNc1ccc([SiH3])c(C(C)C)c1NCC. The fourth-order valence-electron chi connectivity index (χ4n) is 2.17. The molecule has 0 heterocycles. The summed E-state index contributed by atoms with van der Waals surface area (Å²) in [5.41, 5.74) is 4.05. The van der Waals surface area contributed by atoms with Crippen LogP contribution in [-0.2, 0) is 0 Å². The number of rotatable bonds is 5. The first-order valence-electron chi connectivity index (χ1n) is 6.23. The Kier molecular flexibility index (Phi) is 4.87. The van der Waals surface area contributed by atoms with Crippen LogP contribution in [0.25, 0.3) is 0 Å². The molecule has 3 heteroatoms. The lowest BCUT2D eigenvalue weighted by molar-refractivity contribution is 0.873. The molecule has 0 saturated carbocycles. The maximum absolute atomic E-state index is 3.51. The van der Waals surface area contributed by atoms with Crippen LogP contribution in [0.4, 0.5) is 11.4 Å². The predicted molar refractivity (Wildman–Crippen MR) is 78.4 cm³/mol. The molecule has 0 amide bonds. The zero-order valence-corrected chi connectivity index (χ0v) is 13.1. The number of hydrogen-bond donors (Lipinski definition) is 2. The van der Waals surface area contributed by atoms with Crippen molar-refractivity contribution < 1.29 is 0 Å². The van der Waals surface area contributed by atoms with Gasteiger partial charge in [0, 0.05) is 23.3 Å². The van der Waals surface area contributed by atoms with Crippen LogP contribution >= 0.6 is 0 Å². The summed E-state index contributed by atoms with van der Waals surface area (Å²) in [7, 11) is 1.11. The second-order valence-corrected chi connectivity index (χ2v) is 5.51. The molecule has 90 valence electrons. The molecule has 16 heavy (non-hydrogen) atoms. The van der Waals surface area contributed by atoms with Crippen molar-refractivity contribution >= 4 is 26.8 Å². The summed E-state index contributed by atoms with van der Waals surface area (Å²) in [5, 5.41) is 8.45. The topological polar surface area (TPSA) is 24.1 Å². The molecule has 1 rings (SSSR count). The Bertz CT molecular complexity index is 348. The summed E-state index contributed by atoms with van der Waals surface area (Å²) in [6.07, 6.45) is 0. The third kappa shape index (κ3) is 2.79. The first kappa shape index (κ1) is 13.1. The van der Waals surface area contributed by atoms with Crippen molar-refractivity contribution in [3.8, 4) is 0 Å². The van der Waals surface area contributed by atoms with Crippen LogP contribution in [0.1, 0.15) is 39.2 Å². The lowest BCUT2D eigenvalue weighted by Gasteiger charge is -2.21. The lowest BCUT2D eigenvalue weighted by Crippen LogP contribution is -2.17. The van der Waals surface area contributed by atoms with E-state index >= 15 is 0 Å². The van der Waals surface area contributed by atoms with Crippen molar-refractivity contribution in [1.82, 2.24) is 0 Å². The molecule has 0 fully saturated rings. The van der Waals surface area contributed by atoms with Gasteiger partial charge in [0.25, 0.3) is 0 Å². The van der Waals surface area contributed by atoms with Gasteiger partial charge in [-0.25, -0.2) is 0 Å². The van der Waals surface area contributed by atoms with E-state index in [2.05, 4.69) is 50.5 Å². The van der Waals surface area contributed by atoms with Gasteiger partial charge >= 0.3 is 0 Å². The Labute approximate surface area is 102 Å². The van der Waals surface area contributed by atoms with Crippen molar-refractivity contribution in [3.63, 3.8) is 0 Å². The molecule has 0 aromatic heterocycles. The molecular formula is C13H24N2Si. The second kappa shape index (κ2) is 5.94. The Morgan fingerprint density at radius 3 is 2.25 bits per heavy atom. The van der Waals surface area contributed by atoms with Gasteiger partial charge in [-0.3, -0.25) is 0 Å². The molecule has 0 atom stereocenters. The zero-order valence-electron chi connectivity index (χ0n) is 11.1. The standard InChI is InChI=1S/C13H24N2Si/c1-5-14-10-7-8-11(16)12(9(3)4)13(10)15-6-2/h7-9,14-15H,5-6H2,1-4,16H3. The van der Waals surface area contributed by atoms with E-state index in [1.165, 1.54) is 22.1 Å². The van der Waals surface area contributed by atoms with E-state index in [9.17, 15) is 0 Å². The molecule has 0 radical (unpaired) electrons. The van der Waals surface area contributed by atoms with E-state index in [-0.39, 0.29) is 0 Å². The van der Waals surface area contributed by atoms with Gasteiger partial charge in [-0.05, 0) is 31.4 Å². The molecule has 2 N–H and O–H groups in total. The quantitative estimate of drug-likeness (QED) is 0.760. The summed E-state index contributed by atoms with van der Waals surface area (Å²) in [5.74, 6) is 0.583. The number of benzene rings is 1. The van der Waals surface area contributed by atoms with Crippen molar-refractivity contribution in [3.05, 3.63) is 17.7 Å². The normalized spacial score (nSPS) is 10.8. The Hall–Kier alpha value is -0.963. The van der Waals surface area contributed by atoms with Crippen molar-refractivity contribution in [2.24, 2.45) is 0 Å². The maximum atomic E-state index is 3.51. The number of hydrogen-bond acceptors (Lipinski definition) is 2. The number of anilines is 2. The molecule has 0 bridgehead atoms. The summed E-state index contributed by atoms with van der Waals surface area (Å²) < 4.78 is 0. The monoisotopic (exact) mass is 236 g/mol. The third-order valence-electron chi connectivity index (χ3n) is 2.76. The molecule has 1 aromatic rings. The highest BCUT2D eigenvalue weighted by Crippen LogP contribution is 2.29. The lowest BCUT2D eigenvalue weighted by atomic mass is 9.99. The van der Waals surface area contributed by atoms with E-state index in [0.717, 1.165) is 23.3 Å². The van der Waals surface area contributed by atoms with Gasteiger partial charge in [0.05, 0.1) is 11.4 Å². The largest absolute Gasteiger partial charge is 0.384 e. The molecule has 0 saturated heterocycles. The molecular weight excluding hydrogens is 212 g/mol. The average Bonchev–Trinajstić information content (AvgIpc) is 2.22. The van der Waals surface area contributed by atoms with Crippen LogP contribution in [0.2, 0.25) is 0 Å². The van der Waals surface area contributed by atoms with Crippen LogP contribution in [-0.4, -0.2) is 23.3 Å². The maximum Gasteiger partial charge on any atom is 0.0609 e. The van der Waals surface area contributed by atoms with Gasteiger partial charge in [-0.15, -0.1) is 0 Å². The highest BCUT2D eigenvalue weighted by atomic mass is 28.1. The van der Waals surface area contributed by atoms with Gasteiger partial charge in [-0.2, -0.15) is 0 Å². The van der Waals surface area contributed by atoms with Crippen LogP contribution in [0.15, 0.2) is 12.1 Å². The molecule has 0 aliphatic carbocycles. The van der Waals surface area contributed by atoms with Crippen molar-refractivity contribution in [2.45, 2.75) is 33.6 Å². The minimum absolute atomic E-state index is 0.583. The first-order chi connectivity index (χ1) is 7.61. The van der Waals surface area contributed by atoms with Crippen LogP contribution in [0.3, 0.4) is 0 Å². The van der Waals surface area contributed by atoms with E-state index in [0.29, 0.717) is 5.92 Å².